The SMILES string of the molecule is COc1ccc(S(=O)(=O)N2CC(O)C[C@H]2C(=O)OCC(=O)Nc2ccc(Cl)cn2)cc1. The first-order chi connectivity index (χ1) is 14.7. The number of ether oxygens (including phenoxy) is 2. The van der Waals surface area contributed by atoms with Gasteiger partial charge >= 0.3 is 5.97 Å². The number of nitrogens with one attached hydrogen (secondary N) is 1. The lowest BCUT2D eigenvalue weighted by Crippen LogP contribution is -2.42. The molecule has 166 valence electrons. The van der Waals surface area contributed by atoms with E-state index >= 15 is 0 Å². The summed E-state index contributed by atoms with van der Waals surface area (Å²) in [4.78, 5) is 28.3. The van der Waals surface area contributed by atoms with E-state index in [1.165, 1.54) is 49.7 Å². The summed E-state index contributed by atoms with van der Waals surface area (Å²) < 4.78 is 36.8. The van der Waals surface area contributed by atoms with Crippen LogP contribution in [0, 0.1) is 0 Å². The Morgan fingerprint density at radius 1 is 1.26 bits per heavy atom. The van der Waals surface area contributed by atoms with E-state index in [-0.39, 0.29) is 23.7 Å². The average Bonchev–Trinajstić information content (AvgIpc) is 3.16. The van der Waals surface area contributed by atoms with Crippen molar-refractivity contribution < 1.29 is 32.6 Å². The molecule has 0 spiro atoms. The van der Waals surface area contributed by atoms with Crippen molar-refractivity contribution in [1.82, 2.24) is 9.29 Å². The van der Waals surface area contributed by atoms with Crippen LogP contribution in [0.3, 0.4) is 0 Å². The van der Waals surface area contributed by atoms with Crippen LogP contribution in [0.15, 0.2) is 47.5 Å². The second-order valence-corrected chi connectivity index (χ2v) is 9.00. The summed E-state index contributed by atoms with van der Waals surface area (Å²) in [6.45, 7) is -0.915. The summed E-state index contributed by atoms with van der Waals surface area (Å²) in [7, 11) is -2.64. The number of nitrogens with zero attached hydrogens (tertiary/aromatic N) is 2. The summed E-state index contributed by atoms with van der Waals surface area (Å²) in [6.07, 6.45) is 0.150. The van der Waals surface area contributed by atoms with Crippen molar-refractivity contribution in [3.8, 4) is 5.75 Å². The third kappa shape index (κ3) is 5.50. The standard InChI is InChI=1S/C19H20ClN3O7S/c1-29-14-3-5-15(6-4-14)31(27,28)23-10-13(24)8-16(23)19(26)30-11-18(25)22-17-7-2-12(20)9-21-17/h2-7,9,13,16,24H,8,10-11H2,1H3,(H,21,22,25)/t13?,16-/m0/s1. The van der Waals surface area contributed by atoms with Gasteiger partial charge in [0, 0.05) is 19.2 Å². The van der Waals surface area contributed by atoms with E-state index in [4.69, 9.17) is 21.1 Å². The second kappa shape index (κ2) is 9.60. The smallest absolute Gasteiger partial charge is 0.325 e. The second-order valence-electron chi connectivity index (χ2n) is 6.67. The Morgan fingerprint density at radius 3 is 2.58 bits per heavy atom. The van der Waals surface area contributed by atoms with Crippen LogP contribution in [0.4, 0.5) is 5.82 Å². The Kier molecular flexibility index (Phi) is 7.11. The number of hydrogen-bond donors (Lipinski definition) is 2. The summed E-state index contributed by atoms with van der Waals surface area (Å²) >= 11 is 5.72. The maximum Gasteiger partial charge on any atom is 0.325 e. The van der Waals surface area contributed by atoms with Crippen molar-refractivity contribution in [1.29, 1.82) is 0 Å². The Hall–Kier alpha value is -2.73. The van der Waals surface area contributed by atoms with Crippen LogP contribution >= 0.6 is 11.6 Å². The molecule has 0 radical (unpaired) electrons. The van der Waals surface area contributed by atoms with Gasteiger partial charge in [0.1, 0.15) is 17.6 Å². The lowest BCUT2D eigenvalue weighted by Gasteiger charge is -2.22. The molecule has 0 bridgehead atoms. The van der Waals surface area contributed by atoms with Gasteiger partial charge in [0.15, 0.2) is 6.61 Å². The number of pyridine rings is 1. The largest absolute Gasteiger partial charge is 0.497 e. The molecule has 3 rings (SSSR count). The number of benzene rings is 1. The minimum absolute atomic E-state index is 0.0632. The van der Waals surface area contributed by atoms with Gasteiger partial charge in [-0.3, -0.25) is 9.59 Å². The molecule has 1 aliphatic heterocycles. The lowest BCUT2D eigenvalue weighted by molar-refractivity contribution is -0.150. The number of halogens is 1. The van der Waals surface area contributed by atoms with Crippen LogP contribution in [0.25, 0.3) is 0 Å². The van der Waals surface area contributed by atoms with Crippen molar-refractivity contribution >= 4 is 39.3 Å². The summed E-state index contributed by atoms with van der Waals surface area (Å²) in [5.41, 5.74) is 0. The molecular weight excluding hydrogens is 450 g/mol. The highest BCUT2D eigenvalue weighted by Gasteiger charge is 2.44. The van der Waals surface area contributed by atoms with E-state index in [1.54, 1.807) is 0 Å². The van der Waals surface area contributed by atoms with Gasteiger partial charge in [0.25, 0.3) is 5.91 Å². The number of carbonyl (C=O) groups excluding carboxylic acids is 2. The zero-order valence-corrected chi connectivity index (χ0v) is 18.0. The van der Waals surface area contributed by atoms with Gasteiger partial charge in [0.2, 0.25) is 10.0 Å². The minimum atomic E-state index is -4.09. The number of β-amino-alcohol motifs (C(OH)–C–C–N with tert-alkyl or cyclic N) is 1. The lowest BCUT2D eigenvalue weighted by atomic mass is 10.2. The number of aromatic nitrogens is 1. The predicted octanol–water partition coefficient (Wildman–Crippen LogP) is 1.05. The zero-order valence-electron chi connectivity index (χ0n) is 16.4. The third-order valence-corrected chi connectivity index (χ3v) is 6.62. The van der Waals surface area contributed by atoms with Crippen LogP contribution < -0.4 is 10.1 Å². The molecule has 1 fully saturated rings. The zero-order chi connectivity index (χ0) is 22.6. The molecule has 0 saturated carbocycles. The Labute approximate surface area is 183 Å². The molecule has 1 amide bonds. The van der Waals surface area contributed by atoms with Gasteiger partial charge in [-0.1, -0.05) is 11.6 Å². The average molecular weight is 470 g/mol. The molecule has 1 saturated heterocycles. The van der Waals surface area contributed by atoms with Gasteiger partial charge < -0.3 is 19.9 Å². The topological polar surface area (TPSA) is 135 Å². The summed E-state index contributed by atoms with van der Waals surface area (Å²) in [6, 6.07) is 7.37. The number of amides is 1. The number of anilines is 1. The van der Waals surface area contributed by atoms with Gasteiger partial charge in [-0.05, 0) is 36.4 Å². The van der Waals surface area contributed by atoms with Gasteiger partial charge in [-0.15, -0.1) is 0 Å². The van der Waals surface area contributed by atoms with Crippen molar-refractivity contribution in [3.05, 3.63) is 47.6 Å². The fourth-order valence-corrected chi connectivity index (χ4v) is 4.75. The summed E-state index contributed by atoms with van der Waals surface area (Å²) in [5.74, 6) is -0.915. The van der Waals surface area contributed by atoms with Crippen LogP contribution in [0.2, 0.25) is 5.02 Å². The van der Waals surface area contributed by atoms with Crippen molar-refractivity contribution in [2.75, 3.05) is 25.6 Å². The van der Waals surface area contributed by atoms with Crippen LogP contribution in [0.1, 0.15) is 6.42 Å². The number of rotatable bonds is 7. The molecule has 1 aromatic carbocycles. The molecule has 2 aromatic rings. The first-order valence-corrected chi connectivity index (χ1v) is 10.9. The fraction of sp³-hybridized carbons (Fsp3) is 0.316. The van der Waals surface area contributed by atoms with Crippen LogP contribution in [-0.2, 0) is 24.3 Å². The molecule has 2 atom stereocenters. The molecule has 1 aromatic heterocycles. The van der Waals surface area contributed by atoms with Crippen molar-refractivity contribution in [3.63, 3.8) is 0 Å². The number of sulfonamides is 1. The number of esters is 1. The summed E-state index contributed by atoms with van der Waals surface area (Å²) in [5, 5.41) is 12.8. The molecule has 0 aliphatic carbocycles. The molecule has 2 N–H and O–H groups in total. The first kappa shape index (κ1) is 22.9. The van der Waals surface area contributed by atoms with E-state index in [9.17, 15) is 23.1 Å². The van der Waals surface area contributed by atoms with E-state index < -0.39 is 40.7 Å². The number of hydrogen-bond acceptors (Lipinski definition) is 8. The Bertz CT molecular complexity index is 1050. The highest BCUT2D eigenvalue weighted by molar-refractivity contribution is 7.89. The molecule has 1 unspecified atom stereocenters. The number of aliphatic hydroxyl groups excluding tert-OH is 1. The number of carbonyl (C=O) groups is 2. The number of methoxy groups -OCH3 is 1. The molecule has 10 nitrogen and oxygen atoms in total. The van der Waals surface area contributed by atoms with Gasteiger partial charge in [-0.2, -0.15) is 4.31 Å². The molecular formula is C19H20ClN3O7S. The molecule has 1 aliphatic rings. The minimum Gasteiger partial charge on any atom is -0.497 e. The number of aliphatic hydroxyl groups is 1. The van der Waals surface area contributed by atoms with E-state index in [0.29, 0.717) is 10.8 Å². The van der Waals surface area contributed by atoms with Gasteiger partial charge in [-0.25, -0.2) is 13.4 Å². The van der Waals surface area contributed by atoms with E-state index in [0.717, 1.165) is 4.31 Å². The highest BCUT2D eigenvalue weighted by Crippen LogP contribution is 2.28. The third-order valence-electron chi connectivity index (χ3n) is 4.51. The maximum absolute atomic E-state index is 13.0. The first-order valence-electron chi connectivity index (χ1n) is 9.12. The highest BCUT2D eigenvalue weighted by atomic mass is 35.5. The van der Waals surface area contributed by atoms with Gasteiger partial charge in [0.05, 0.1) is 23.1 Å². The van der Waals surface area contributed by atoms with Crippen molar-refractivity contribution in [2.45, 2.75) is 23.5 Å². The predicted molar refractivity (Wildman–Crippen MR) is 110 cm³/mol. The molecule has 31 heavy (non-hydrogen) atoms. The molecule has 12 heteroatoms. The van der Waals surface area contributed by atoms with Crippen LogP contribution in [0.5, 0.6) is 5.75 Å². The maximum atomic E-state index is 13.0. The van der Waals surface area contributed by atoms with Crippen molar-refractivity contribution in [2.24, 2.45) is 0 Å². The van der Waals surface area contributed by atoms with E-state index in [2.05, 4.69) is 10.3 Å². The quantitative estimate of drug-likeness (QED) is 0.574. The molecule has 2 heterocycles. The monoisotopic (exact) mass is 469 g/mol. The van der Waals surface area contributed by atoms with E-state index in [1.807, 2.05) is 0 Å². The normalized spacial score (nSPS) is 19.1. The van der Waals surface area contributed by atoms with Crippen LogP contribution in [-0.4, -0.2) is 67.1 Å². The fourth-order valence-electron chi connectivity index (χ4n) is 3.01. The Morgan fingerprint density at radius 2 is 1.97 bits per heavy atom. The Balaban J connectivity index is 1.66.